The highest BCUT2D eigenvalue weighted by molar-refractivity contribution is 5.93. The number of benzene rings is 2. The van der Waals surface area contributed by atoms with Crippen LogP contribution in [0.3, 0.4) is 0 Å². The van der Waals surface area contributed by atoms with Crippen LogP contribution < -0.4 is 15.4 Å². The van der Waals surface area contributed by atoms with E-state index in [0.29, 0.717) is 24.4 Å². The summed E-state index contributed by atoms with van der Waals surface area (Å²) < 4.78 is 10.3. The lowest BCUT2D eigenvalue weighted by Gasteiger charge is -2.10. The SMILES string of the molecule is CCOc1ccc(NC(=O)CCCC(=O)OCC(=O)Nc2ccccc2CC)cc1. The number of amides is 2. The van der Waals surface area contributed by atoms with Gasteiger partial charge in [-0.15, -0.1) is 0 Å². The fraction of sp³-hybridized carbons (Fsp3) is 0.348. The minimum atomic E-state index is -0.511. The van der Waals surface area contributed by atoms with Crippen molar-refractivity contribution in [2.45, 2.75) is 39.5 Å². The molecule has 0 radical (unpaired) electrons. The Hall–Kier alpha value is -3.35. The molecule has 0 atom stereocenters. The molecule has 0 bridgehead atoms. The lowest BCUT2D eigenvalue weighted by molar-refractivity contribution is -0.147. The van der Waals surface area contributed by atoms with Crippen molar-refractivity contribution >= 4 is 29.2 Å². The zero-order chi connectivity index (χ0) is 21.8. The number of esters is 1. The molecule has 0 aliphatic heterocycles. The highest BCUT2D eigenvalue weighted by Gasteiger charge is 2.11. The third-order valence-electron chi connectivity index (χ3n) is 4.27. The van der Waals surface area contributed by atoms with Gasteiger partial charge in [-0.05, 0) is 55.7 Å². The summed E-state index contributed by atoms with van der Waals surface area (Å²) in [5.74, 6) is -0.360. The number of rotatable bonds is 11. The van der Waals surface area contributed by atoms with Gasteiger partial charge in [0.25, 0.3) is 5.91 Å². The molecule has 0 unspecified atom stereocenters. The molecule has 0 saturated carbocycles. The number of carbonyl (C=O) groups is 3. The number of anilines is 2. The van der Waals surface area contributed by atoms with Crippen molar-refractivity contribution in [2.24, 2.45) is 0 Å². The van der Waals surface area contributed by atoms with Crippen LogP contribution in [0.5, 0.6) is 5.75 Å². The van der Waals surface area contributed by atoms with E-state index in [4.69, 9.17) is 9.47 Å². The van der Waals surface area contributed by atoms with E-state index in [1.807, 2.05) is 38.1 Å². The van der Waals surface area contributed by atoms with Gasteiger partial charge in [-0.3, -0.25) is 14.4 Å². The van der Waals surface area contributed by atoms with E-state index in [0.717, 1.165) is 17.7 Å². The van der Waals surface area contributed by atoms with E-state index in [2.05, 4.69) is 10.6 Å². The van der Waals surface area contributed by atoms with Gasteiger partial charge in [0.15, 0.2) is 6.61 Å². The molecule has 30 heavy (non-hydrogen) atoms. The normalized spacial score (nSPS) is 10.2. The van der Waals surface area contributed by atoms with Gasteiger partial charge in [-0.25, -0.2) is 0 Å². The second-order valence-electron chi connectivity index (χ2n) is 6.58. The van der Waals surface area contributed by atoms with Gasteiger partial charge in [0.05, 0.1) is 6.61 Å². The number of nitrogens with one attached hydrogen (secondary N) is 2. The summed E-state index contributed by atoms with van der Waals surface area (Å²) in [4.78, 5) is 35.8. The van der Waals surface area contributed by atoms with Crippen molar-refractivity contribution in [3.05, 3.63) is 54.1 Å². The Labute approximate surface area is 176 Å². The van der Waals surface area contributed by atoms with Gasteiger partial charge >= 0.3 is 5.97 Å². The summed E-state index contributed by atoms with van der Waals surface area (Å²) in [6, 6.07) is 14.5. The Morgan fingerprint density at radius 2 is 1.60 bits per heavy atom. The highest BCUT2D eigenvalue weighted by Crippen LogP contribution is 2.16. The number of carbonyl (C=O) groups excluding carboxylic acids is 3. The smallest absolute Gasteiger partial charge is 0.306 e. The Bertz CT molecular complexity index is 849. The van der Waals surface area contributed by atoms with Gasteiger partial charge in [0.1, 0.15) is 5.75 Å². The number of aryl methyl sites for hydroxylation is 1. The summed E-state index contributed by atoms with van der Waals surface area (Å²) in [7, 11) is 0. The topological polar surface area (TPSA) is 93.7 Å². The minimum Gasteiger partial charge on any atom is -0.494 e. The quantitative estimate of drug-likeness (QED) is 0.545. The van der Waals surface area contributed by atoms with E-state index in [-0.39, 0.29) is 25.4 Å². The first-order valence-corrected chi connectivity index (χ1v) is 10.1. The van der Waals surface area contributed by atoms with Crippen LogP contribution in [0.1, 0.15) is 38.7 Å². The van der Waals surface area contributed by atoms with Gasteiger partial charge < -0.3 is 20.1 Å². The molecule has 160 valence electrons. The maximum absolute atomic E-state index is 12.0. The first-order chi connectivity index (χ1) is 14.5. The van der Waals surface area contributed by atoms with E-state index in [9.17, 15) is 14.4 Å². The lowest BCUT2D eigenvalue weighted by Crippen LogP contribution is -2.21. The molecule has 0 fully saturated rings. The van der Waals surface area contributed by atoms with Crippen LogP contribution in [0.2, 0.25) is 0 Å². The predicted molar refractivity (Wildman–Crippen MR) is 116 cm³/mol. The third-order valence-corrected chi connectivity index (χ3v) is 4.27. The first-order valence-electron chi connectivity index (χ1n) is 10.1. The first kappa shape index (κ1) is 22.9. The molecule has 0 spiro atoms. The predicted octanol–water partition coefficient (Wildman–Crippen LogP) is 3.94. The Kier molecular flexibility index (Phi) is 9.37. The highest BCUT2D eigenvalue weighted by atomic mass is 16.5. The zero-order valence-corrected chi connectivity index (χ0v) is 17.4. The van der Waals surface area contributed by atoms with Crippen molar-refractivity contribution < 1.29 is 23.9 Å². The average molecular weight is 412 g/mol. The van der Waals surface area contributed by atoms with Crippen LogP contribution in [0.25, 0.3) is 0 Å². The summed E-state index contributed by atoms with van der Waals surface area (Å²) in [6.07, 6.45) is 1.37. The number of ether oxygens (including phenoxy) is 2. The number of hydrogen-bond donors (Lipinski definition) is 2. The van der Waals surface area contributed by atoms with Crippen LogP contribution in [0.15, 0.2) is 48.5 Å². The van der Waals surface area contributed by atoms with Crippen LogP contribution in [-0.4, -0.2) is 31.0 Å². The molecule has 0 aromatic heterocycles. The number of para-hydroxylation sites is 1. The number of hydrogen-bond acceptors (Lipinski definition) is 5. The van der Waals surface area contributed by atoms with E-state index < -0.39 is 11.9 Å². The molecule has 0 aliphatic rings. The monoisotopic (exact) mass is 412 g/mol. The van der Waals surface area contributed by atoms with Crippen molar-refractivity contribution in [3.8, 4) is 5.75 Å². The van der Waals surface area contributed by atoms with Crippen LogP contribution in [0, 0.1) is 0 Å². The summed E-state index contributed by atoms with van der Waals surface area (Å²) in [6.45, 7) is 4.13. The third kappa shape index (κ3) is 7.95. The van der Waals surface area contributed by atoms with E-state index in [1.54, 1.807) is 24.3 Å². The van der Waals surface area contributed by atoms with Crippen LogP contribution in [-0.2, 0) is 25.5 Å². The molecule has 2 rings (SSSR count). The Morgan fingerprint density at radius 3 is 2.30 bits per heavy atom. The Balaban J connectivity index is 1.64. The van der Waals surface area contributed by atoms with Gasteiger partial charge in [0.2, 0.25) is 5.91 Å². The molecule has 2 aromatic carbocycles. The average Bonchev–Trinajstić information content (AvgIpc) is 2.74. The maximum atomic E-state index is 12.0. The van der Waals surface area contributed by atoms with E-state index in [1.165, 1.54) is 0 Å². The molecule has 7 heteroatoms. The summed E-state index contributed by atoms with van der Waals surface area (Å²) >= 11 is 0. The lowest BCUT2D eigenvalue weighted by atomic mass is 10.1. The summed E-state index contributed by atoms with van der Waals surface area (Å²) in [5, 5.41) is 5.50. The second kappa shape index (κ2) is 12.3. The molecule has 0 saturated heterocycles. The van der Waals surface area contributed by atoms with Crippen molar-refractivity contribution in [2.75, 3.05) is 23.8 Å². The van der Waals surface area contributed by atoms with Gasteiger partial charge in [-0.2, -0.15) is 0 Å². The van der Waals surface area contributed by atoms with Crippen molar-refractivity contribution in [1.29, 1.82) is 0 Å². The molecule has 2 N–H and O–H groups in total. The molecular formula is C23H28N2O5. The largest absolute Gasteiger partial charge is 0.494 e. The molecule has 0 heterocycles. The fourth-order valence-corrected chi connectivity index (χ4v) is 2.77. The van der Waals surface area contributed by atoms with Gasteiger partial charge in [0, 0.05) is 24.2 Å². The van der Waals surface area contributed by atoms with Crippen LogP contribution >= 0.6 is 0 Å². The van der Waals surface area contributed by atoms with E-state index >= 15 is 0 Å². The van der Waals surface area contributed by atoms with Crippen molar-refractivity contribution in [1.82, 2.24) is 0 Å². The molecule has 2 aromatic rings. The minimum absolute atomic E-state index is 0.0650. The second-order valence-corrected chi connectivity index (χ2v) is 6.58. The maximum Gasteiger partial charge on any atom is 0.306 e. The van der Waals surface area contributed by atoms with Crippen molar-refractivity contribution in [3.63, 3.8) is 0 Å². The fourth-order valence-electron chi connectivity index (χ4n) is 2.77. The summed E-state index contributed by atoms with van der Waals surface area (Å²) in [5.41, 5.74) is 2.39. The standard InChI is InChI=1S/C23H28N2O5/c1-3-17-8-5-6-9-20(17)25-22(27)16-30-23(28)11-7-10-21(26)24-18-12-14-19(15-13-18)29-4-2/h5-6,8-9,12-15H,3-4,7,10-11,16H2,1-2H3,(H,24,26)(H,25,27). The molecular weight excluding hydrogens is 384 g/mol. The molecule has 0 aliphatic carbocycles. The molecule has 7 nitrogen and oxygen atoms in total. The van der Waals surface area contributed by atoms with Gasteiger partial charge in [-0.1, -0.05) is 25.1 Å². The Morgan fingerprint density at radius 1 is 0.867 bits per heavy atom. The van der Waals surface area contributed by atoms with Crippen LogP contribution in [0.4, 0.5) is 11.4 Å². The zero-order valence-electron chi connectivity index (χ0n) is 17.4. The molecule has 2 amide bonds.